The van der Waals surface area contributed by atoms with Crippen LogP contribution in [0.4, 0.5) is 0 Å². The first-order valence-corrected chi connectivity index (χ1v) is 10.0. The Labute approximate surface area is 136 Å². The first kappa shape index (κ1) is 15.2. The Morgan fingerprint density at radius 2 is 1.77 bits per heavy atom. The van der Waals surface area contributed by atoms with Gasteiger partial charge in [0.05, 0.1) is 0 Å². The minimum atomic E-state index is 0.421. The molecule has 0 aromatic rings. The number of Topliss-reactive ketones (excluding diaryl/α,β-unsaturated/α-hetero) is 1. The molecule has 1 nitrogen and oxygen atoms in total. The van der Waals surface area contributed by atoms with Crippen molar-refractivity contribution in [3.8, 4) is 0 Å². The molecule has 4 saturated carbocycles. The van der Waals surface area contributed by atoms with Crippen molar-refractivity contribution < 1.29 is 4.79 Å². The van der Waals surface area contributed by atoms with E-state index >= 15 is 0 Å². The maximum Gasteiger partial charge on any atom is 0.130 e. The zero-order valence-corrected chi connectivity index (χ0v) is 14.7. The fraction of sp³-hybridized carbons (Fsp3) is 0.952. The molecular formula is C21H34O. The zero-order valence-electron chi connectivity index (χ0n) is 14.7. The number of fused-ring (bicyclic) bond motifs is 5. The second kappa shape index (κ2) is 5.35. The van der Waals surface area contributed by atoms with E-state index in [0.29, 0.717) is 16.6 Å². The average molecular weight is 303 g/mol. The van der Waals surface area contributed by atoms with Crippen LogP contribution < -0.4 is 0 Å². The lowest BCUT2D eigenvalue weighted by molar-refractivity contribution is -0.129. The second-order valence-corrected chi connectivity index (χ2v) is 9.57. The van der Waals surface area contributed by atoms with Crippen molar-refractivity contribution in [1.29, 1.82) is 0 Å². The number of carbonyl (C=O) groups is 1. The molecule has 6 unspecified atom stereocenters. The summed E-state index contributed by atoms with van der Waals surface area (Å²) < 4.78 is 0. The minimum Gasteiger partial charge on any atom is -0.300 e. The monoisotopic (exact) mass is 302 g/mol. The first-order valence-electron chi connectivity index (χ1n) is 10.0. The van der Waals surface area contributed by atoms with Gasteiger partial charge in [-0.15, -0.1) is 0 Å². The third-order valence-corrected chi connectivity index (χ3v) is 8.71. The number of hydrogen-bond donors (Lipinski definition) is 0. The summed E-state index contributed by atoms with van der Waals surface area (Å²) in [6.45, 7) is 4.48. The fourth-order valence-electron chi connectivity index (χ4n) is 7.89. The van der Waals surface area contributed by atoms with Crippen molar-refractivity contribution in [2.75, 3.05) is 0 Å². The number of rotatable bonds is 2. The van der Waals surface area contributed by atoms with Gasteiger partial charge in [-0.25, -0.2) is 0 Å². The third kappa shape index (κ3) is 2.13. The number of ketones is 1. The summed E-state index contributed by atoms with van der Waals surface area (Å²) in [6, 6.07) is 0. The number of hydrogen-bond acceptors (Lipinski definition) is 1. The lowest BCUT2D eigenvalue weighted by Crippen LogP contribution is -2.52. The van der Waals surface area contributed by atoms with E-state index in [1.165, 1.54) is 70.6 Å². The van der Waals surface area contributed by atoms with E-state index in [9.17, 15) is 4.79 Å². The first-order chi connectivity index (χ1) is 10.6. The Balaban J connectivity index is 1.62. The van der Waals surface area contributed by atoms with Crippen LogP contribution in [0.1, 0.15) is 90.9 Å². The van der Waals surface area contributed by atoms with Crippen LogP contribution in [0.2, 0.25) is 0 Å². The van der Waals surface area contributed by atoms with Crippen molar-refractivity contribution in [3.63, 3.8) is 0 Å². The summed E-state index contributed by atoms with van der Waals surface area (Å²) >= 11 is 0. The second-order valence-electron chi connectivity index (χ2n) is 9.57. The Bertz CT molecular complexity index is 455. The van der Waals surface area contributed by atoms with Gasteiger partial charge in [0.2, 0.25) is 0 Å². The van der Waals surface area contributed by atoms with Gasteiger partial charge in [-0.05, 0) is 92.8 Å². The van der Waals surface area contributed by atoms with Crippen LogP contribution in [0.15, 0.2) is 0 Å². The quantitative estimate of drug-likeness (QED) is 0.633. The molecule has 0 aromatic carbocycles. The molecule has 4 fully saturated rings. The molecule has 0 spiro atoms. The van der Waals surface area contributed by atoms with E-state index in [1.54, 1.807) is 0 Å². The molecule has 0 saturated heterocycles. The number of carbonyl (C=O) groups excluding carboxylic acids is 1. The maximum atomic E-state index is 11.9. The van der Waals surface area contributed by atoms with Crippen LogP contribution in [0.25, 0.3) is 0 Å². The largest absolute Gasteiger partial charge is 0.300 e. The van der Waals surface area contributed by atoms with E-state index in [-0.39, 0.29) is 0 Å². The van der Waals surface area contributed by atoms with Gasteiger partial charge < -0.3 is 4.79 Å². The summed E-state index contributed by atoms with van der Waals surface area (Å²) in [4.78, 5) is 11.9. The molecule has 0 heterocycles. The highest BCUT2D eigenvalue weighted by molar-refractivity contribution is 5.76. The predicted octanol–water partition coefficient (Wildman–Crippen LogP) is 5.77. The van der Waals surface area contributed by atoms with E-state index < -0.39 is 0 Å². The molecule has 0 N–H and O–H groups in total. The topological polar surface area (TPSA) is 17.1 Å². The lowest BCUT2D eigenvalue weighted by atomic mass is 9.45. The normalized spacial score (nSPS) is 50.8. The molecule has 4 aliphatic rings. The molecule has 0 aliphatic heterocycles. The molecular weight excluding hydrogens is 268 g/mol. The van der Waals surface area contributed by atoms with Crippen LogP contribution in [-0.2, 0) is 4.79 Å². The molecule has 0 amide bonds. The average Bonchev–Trinajstić information content (AvgIpc) is 2.89. The van der Waals surface area contributed by atoms with Crippen molar-refractivity contribution in [3.05, 3.63) is 0 Å². The molecule has 0 bridgehead atoms. The molecule has 4 aliphatic carbocycles. The summed E-state index contributed by atoms with van der Waals surface area (Å²) in [7, 11) is 0. The van der Waals surface area contributed by atoms with E-state index in [2.05, 4.69) is 6.92 Å². The molecule has 0 aromatic heterocycles. The summed E-state index contributed by atoms with van der Waals surface area (Å²) in [6.07, 6.45) is 16.8. The zero-order chi connectivity index (χ0) is 15.4. The Morgan fingerprint density at radius 1 is 0.909 bits per heavy atom. The molecule has 1 heteroatoms. The third-order valence-electron chi connectivity index (χ3n) is 8.71. The van der Waals surface area contributed by atoms with Gasteiger partial charge in [-0.2, -0.15) is 0 Å². The van der Waals surface area contributed by atoms with Gasteiger partial charge in [0.1, 0.15) is 5.78 Å². The highest BCUT2D eigenvalue weighted by atomic mass is 16.1. The van der Waals surface area contributed by atoms with Crippen LogP contribution in [0.3, 0.4) is 0 Å². The van der Waals surface area contributed by atoms with Crippen molar-refractivity contribution in [2.24, 2.45) is 34.5 Å². The summed E-state index contributed by atoms with van der Waals surface area (Å²) in [5, 5.41) is 0. The minimum absolute atomic E-state index is 0.421. The van der Waals surface area contributed by atoms with E-state index in [0.717, 1.165) is 30.1 Å². The molecule has 6 atom stereocenters. The Morgan fingerprint density at radius 3 is 2.59 bits per heavy atom. The molecule has 124 valence electrons. The van der Waals surface area contributed by atoms with Crippen molar-refractivity contribution >= 4 is 5.78 Å². The van der Waals surface area contributed by atoms with Gasteiger partial charge in [0.15, 0.2) is 0 Å². The van der Waals surface area contributed by atoms with Crippen molar-refractivity contribution in [1.82, 2.24) is 0 Å². The van der Waals surface area contributed by atoms with Gasteiger partial charge in [-0.1, -0.05) is 26.2 Å². The Kier molecular flexibility index (Phi) is 3.70. The SMILES string of the molecule is CC(=O)CC12CCCC1C1CCC3CCCCC3(C)C1CC2. The van der Waals surface area contributed by atoms with Gasteiger partial charge in [0, 0.05) is 6.42 Å². The van der Waals surface area contributed by atoms with Crippen LogP contribution in [-0.4, -0.2) is 5.78 Å². The molecule has 22 heavy (non-hydrogen) atoms. The Hall–Kier alpha value is -0.330. The molecule has 4 rings (SSSR count). The predicted molar refractivity (Wildman–Crippen MR) is 90.6 cm³/mol. The van der Waals surface area contributed by atoms with E-state index in [4.69, 9.17) is 0 Å². The highest BCUT2D eigenvalue weighted by Crippen LogP contribution is 2.67. The summed E-state index contributed by atoms with van der Waals surface area (Å²) in [5.41, 5.74) is 1.07. The smallest absolute Gasteiger partial charge is 0.130 e. The maximum absolute atomic E-state index is 11.9. The van der Waals surface area contributed by atoms with Gasteiger partial charge in [0.25, 0.3) is 0 Å². The van der Waals surface area contributed by atoms with E-state index in [1.807, 2.05) is 6.92 Å². The summed E-state index contributed by atoms with van der Waals surface area (Å²) in [5.74, 6) is 4.28. The molecule has 0 radical (unpaired) electrons. The fourth-order valence-corrected chi connectivity index (χ4v) is 7.89. The van der Waals surface area contributed by atoms with Gasteiger partial charge >= 0.3 is 0 Å². The lowest BCUT2D eigenvalue weighted by Gasteiger charge is -2.60. The standard InChI is InChI=1S/C21H34O/c1-15(22)14-21-12-5-7-19(21)17-9-8-16-6-3-4-11-20(16,2)18(17)10-13-21/h16-19H,3-14H2,1-2H3. The van der Waals surface area contributed by atoms with Crippen LogP contribution >= 0.6 is 0 Å². The highest BCUT2D eigenvalue weighted by Gasteiger charge is 2.58. The van der Waals surface area contributed by atoms with Crippen molar-refractivity contribution in [2.45, 2.75) is 90.9 Å². The van der Waals surface area contributed by atoms with Crippen LogP contribution in [0, 0.1) is 34.5 Å². The van der Waals surface area contributed by atoms with Gasteiger partial charge in [-0.3, -0.25) is 0 Å². The van der Waals surface area contributed by atoms with Crippen LogP contribution in [0.5, 0.6) is 0 Å².